The number of hydrogen-bond donors (Lipinski definition) is 1. The molecule has 1 amide bonds. The van der Waals surface area contributed by atoms with Crippen molar-refractivity contribution >= 4 is 5.91 Å². The molecule has 4 heteroatoms. The van der Waals surface area contributed by atoms with Gasteiger partial charge in [0.1, 0.15) is 6.04 Å². The molecule has 1 aliphatic heterocycles. The summed E-state index contributed by atoms with van der Waals surface area (Å²) >= 11 is 0. The number of ether oxygens (including phenoxy) is 1. The Labute approximate surface area is 120 Å². The molecule has 0 bridgehead atoms. The summed E-state index contributed by atoms with van der Waals surface area (Å²) in [6.07, 6.45) is 3.26. The number of nitrogens with one attached hydrogen (secondary N) is 1. The first-order chi connectivity index (χ1) is 9.81. The molecule has 1 aliphatic carbocycles. The number of methoxy groups -OCH3 is 1. The topological polar surface area (TPSA) is 41.6 Å². The van der Waals surface area contributed by atoms with E-state index in [0.717, 1.165) is 31.4 Å². The fraction of sp³-hybridized carbons (Fsp3) is 0.562. The lowest BCUT2D eigenvalue weighted by molar-refractivity contribution is -0.135. The average Bonchev–Trinajstić information content (AvgIpc) is 3.31. The SMILES string of the molecule is COCCN(C(=O)C1NCCc2ccccc21)C1CC1. The number of benzene rings is 1. The minimum Gasteiger partial charge on any atom is -0.383 e. The number of nitrogens with zero attached hydrogens (tertiary/aromatic N) is 1. The van der Waals surface area contributed by atoms with Gasteiger partial charge in [0.05, 0.1) is 6.61 Å². The monoisotopic (exact) mass is 274 g/mol. The number of rotatable bonds is 5. The number of carbonyl (C=O) groups excluding carboxylic acids is 1. The fourth-order valence-corrected chi connectivity index (χ4v) is 2.94. The van der Waals surface area contributed by atoms with Crippen molar-refractivity contribution in [2.75, 3.05) is 26.8 Å². The molecule has 1 heterocycles. The third kappa shape index (κ3) is 2.72. The van der Waals surface area contributed by atoms with E-state index in [0.29, 0.717) is 19.2 Å². The van der Waals surface area contributed by atoms with Gasteiger partial charge in [0.15, 0.2) is 0 Å². The Morgan fingerprint density at radius 1 is 1.40 bits per heavy atom. The van der Waals surface area contributed by atoms with Crippen molar-refractivity contribution < 1.29 is 9.53 Å². The normalized spacial score (nSPS) is 21.4. The van der Waals surface area contributed by atoms with Gasteiger partial charge in [0.2, 0.25) is 5.91 Å². The van der Waals surface area contributed by atoms with Crippen LogP contribution < -0.4 is 5.32 Å². The lowest BCUT2D eigenvalue weighted by Gasteiger charge is -2.31. The minimum absolute atomic E-state index is 0.183. The number of amides is 1. The van der Waals surface area contributed by atoms with Crippen LogP contribution in [-0.4, -0.2) is 43.7 Å². The minimum atomic E-state index is -0.183. The highest BCUT2D eigenvalue weighted by molar-refractivity contribution is 5.84. The van der Waals surface area contributed by atoms with E-state index >= 15 is 0 Å². The van der Waals surface area contributed by atoms with E-state index in [1.54, 1.807) is 7.11 Å². The Hall–Kier alpha value is -1.39. The van der Waals surface area contributed by atoms with Crippen molar-refractivity contribution in [3.8, 4) is 0 Å². The standard InChI is InChI=1S/C16H22N2O2/c1-20-11-10-18(13-6-7-13)16(19)15-14-5-3-2-4-12(14)8-9-17-15/h2-5,13,15,17H,6-11H2,1H3. The Balaban J connectivity index is 1.79. The quantitative estimate of drug-likeness (QED) is 0.885. The smallest absolute Gasteiger partial charge is 0.244 e. The molecule has 108 valence electrons. The Morgan fingerprint density at radius 3 is 2.95 bits per heavy atom. The molecule has 2 aliphatic rings. The average molecular weight is 274 g/mol. The van der Waals surface area contributed by atoms with Gasteiger partial charge in [0, 0.05) is 26.2 Å². The Morgan fingerprint density at radius 2 is 2.20 bits per heavy atom. The van der Waals surface area contributed by atoms with Crippen LogP contribution in [0.5, 0.6) is 0 Å². The zero-order valence-corrected chi connectivity index (χ0v) is 12.0. The van der Waals surface area contributed by atoms with Gasteiger partial charge in [-0.15, -0.1) is 0 Å². The van der Waals surface area contributed by atoms with Crippen LogP contribution in [0.15, 0.2) is 24.3 Å². The van der Waals surface area contributed by atoms with E-state index in [1.807, 2.05) is 11.0 Å². The van der Waals surface area contributed by atoms with Crippen LogP contribution in [0.4, 0.5) is 0 Å². The van der Waals surface area contributed by atoms with E-state index < -0.39 is 0 Å². The third-order valence-corrected chi connectivity index (χ3v) is 4.16. The second-order valence-corrected chi connectivity index (χ2v) is 5.59. The molecule has 0 radical (unpaired) electrons. The molecule has 0 saturated heterocycles. The summed E-state index contributed by atoms with van der Waals surface area (Å²) in [5.41, 5.74) is 2.44. The maximum atomic E-state index is 12.9. The lowest BCUT2D eigenvalue weighted by atomic mass is 9.93. The summed E-state index contributed by atoms with van der Waals surface area (Å²) in [6, 6.07) is 8.52. The highest BCUT2D eigenvalue weighted by Gasteiger charge is 2.37. The summed E-state index contributed by atoms with van der Waals surface area (Å²) < 4.78 is 5.14. The van der Waals surface area contributed by atoms with Crippen LogP contribution in [0.2, 0.25) is 0 Å². The molecule has 1 aromatic rings. The first kappa shape index (κ1) is 13.6. The second kappa shape index (κ2) is 5.94. The molecule has 3 rings (SSSR count). The first-order valence-electron chi connectivity index (χ1n) is 7.42. The van der Waals surface area contributed by atoms with Gasteiger partial charge in [0.25, 0.3) is 0 Å². The molecule has 1 atom stereocenters. The van der Waals surface area contributed by atoms with Crippen molar-refractivity contribution in [3.05, 3.63) is 35.4 Å². The van der Waals surface area contributed by atoms with Crippen molar-refractivity contribution in [1.82, 2.24) is 10.2 Å². The van der Waals surface area contributed by atoms with E-state index in [9.17, 15) is 4.79 Å². The largest absolute Gasteiger partial charge is 0.383 e. The van der Waals surface area contributed by atoms with Crippen molar-refractivity contribution in [2.24, 2.45) is 0 Å². The maximum absolute atomic E-state index is 12.9. The fourth-order valence-electron chi connectivity index (χ4n) is 2.94. The van der Waals surface area contributed by atoms with Gasteiger partial charge in [-0.25, -0.2) is 0 Å². The number of carbonyl (C=O) groups is 1. The molecule has 1 fully saturated rings. The molecule has 1 N–H and O–H groups in total. The van der Waals surface area contributed by atoms with Crippen LogP contribution in [0.25, 0.3) is 0 Å². The highest BCUT2D eigenvalue weighted by atomic mass is 16.5. The summed E-state index contributed by atoms with van der Waals surface area (Å²) in [7, 11) is 1.68. The van der Waals surface area contributed by atoms with Crippen LogP contribution in [0, 0.1) is 0 Å². The predicted molar refractivity (Wildman–Crippen MR) is 77.5 cm³/mol. The van der Waals surface area contributed by atoms with Gasteiger partial charge in [-0.3, -0.25) is 4.79 Å². The summed E-state index contributed by atoms with van der Waals surface area (Å²) in [5, 5.41) is 3.38. The second-order valence-electron chi connectivity index (χ2n) is 5.59. The highest BCUT2D eigenvalue weighted by Crippen LogP contribution is 2.31. The number of hydrogen-bond acceptors (Lipinski definition) is 3. The van der Waals surface area contributed by atoms with Crippen LogP contribution in [0.3, 0.4) is 0 Å². The molecule has 1 aromatic carbocycles. The van der Waals surface area contributed by atoms with Crippen molar-refractivity contribution in [3.63, 3.8) is 0 Å². The summed E-state index contributed by atoms with van der Waals surface area (Å²) in [6.45, 7) is 2.17. The van der Waals surface area contributed by atoms with E-state index in [2.05, 4.69) is 23.5 Å². The van der Waals surface area contributed by atoms with Crippen LogP contribution >= 0.6 is 0 Å². The zero-order chi connectivity index (χ0) is 13.9. The van der Waals surface area contributed by atoms with E-state index in [1.165, 1.54) is 5.56 Å². The Kier molecular flexibility index (Phi) is 4.03. The molecular weight excluding hydrogens is 252 g/mol. The lowest BCUT2D eigenvalue weighted by Crippen LogP contribution is -2.45. The molecular formula is C16H22N2O2. The third-order valence-electron chi connectivity index (χ3n) is 4.16. The molecule has 1 saturated carbocycles. The van der Waals surface area contributed by atoms with E-state index in [4.69, 9.17) is 4.74 Å². The van der Waals surface area contributed by atoms with Gasteiger partial charge < -0.3 is 15.0 Å². The molecule has 1 unspecified atom stereocenters. The first-order valence-corrected chi connectivity index (χ1v) is 7.42. The van der Waals surface area contributed by atoms with Gasteiger partial charge >= 0.3 is 0 Å². The molecule has 20 heavy (non-hydrogen) atoms. The van der Waals surface area contributed by atoms with Crippen molar-refractivity contribution in [2.45, 2.75) is 31.3 Å². The molecule has 0 spiro atoms. The Bertz CT molecular complexity index is 485. The van der Waals surface area contributed by atoms with E-state index in [-0.39, 0.29) is 11.9 Å². The summed E-state index contributed by atoms with van der Waals surface area (Å²) in [5.74, 6) is 0.205. The summed E-state index contributed by atoms with van der Waals surface area (Å²) in [4.78, 5) is 14.9. The van der Waals surface area contributed by atoms with Crippen LogP contribution in [-0.2, 0) is 16.0 Å². The molecule has 4 nitrogen and oxygen atoms in total. The van der Waals surface area contributed by atoms with Gasteiger partial charge in [-0.05, 0) is 30.4 Å². The van der Waals surface area contributed by atoms with Gasteiger partial charge in [-0.2, -0.15) is 0 Å². The maximum Gasteiger partial charge on any atom is 0.244 e. The van der Waals surface area contributed by atoms with Crippen molar-refractivity contribution in [1.29, 1.82) is 0 Å². The van der Waals surface area contributed by atoms with Gasteiger partial charge in [-0.1, -0.05) is 24.3 Å². The van der Waals surface area contributed by atoms with Crippen LogP contribution in [0.1, 0.15) is 30.0 Å². The predicted octanol–water partition coefficient (Wildman–Crippen LogP) is 1.51. The molecule has 0 aromatic heterocycles. The number of fused-ring (bicyclic) bond motifs is 1. The zero-order valence-electron chi connectivity index (χ0n) is 12.0.